The largest absolute Gasteiger partial charge is 0.384 e. The van der Waals surface area contributed by atoms with Crippen molar-refractivity contribution in [1.82, 2.24) is 14.8 Å². The van der Waals surface area contributed by atoms with Gasteiger partial charge >= 0.3 is 0 Å². The highest BCUT2D eigenvalue weighted by molar-refractivity contribution is 7.09. The minimum Gasteiger partial charge on any atom is -0.384 e. The van der Waals surface area contributed by atoms with Crippen LogP contribution >= 0.6 is 11.3 Å². The van der Waals surface area contributed by atoms with Crippen LogP contribution < -0.4 is 0 Å². The Bertz CT molecular complexity index is 514. The number of hydrogen-bond donors (Lipinski definition) is 0. The fourth-order valence-corrected chi connectivity index (χ4v) is 5.19. The molecule has 0 N–H and O–H groups in total. The monoisotopic (exact) mass is 353 g/mol. The van der Waals surface area contributed by atoms with Crippen molar-refractivity contribution in [1.29, 1.82) is 0 Å². The van der Waals surface area contributed by atoms with Crippen molar-refractivity contribution in [3.8, 4) is 0 Å². The first-order valence-electron chi connectivity index (χ1n) is 8.98. The van der Waals surface area contributed by atoms with Crippen LogP contribution in [0.1, 0.15) is 23.4 Å². The summed E-state index contributed by atoms with van der Waals surface area (Å²) in [6.45, 7) is 10.7. The molecule has 0 saturated carbocycles. The molecule has 0 unspecified atom stereocenters. The Morgan fingerprint density at radius 3 is 2.67 bits per heavy atom. The topological polar surface area (TPSA) is 37.8 Å². The molecule has 1 aromatic heterocycles. The molecule has 0 radical (unpaired) electrons. The second-order valence-corrected chi connectivity index (χ2v) is 8.32. The molecule has 0 bridgehead atoms. The summed E-state index contributed by atoms with van der Waals surface area (Å²) in [5.74, 6) is 0.659. The molecule has 2 aliphatic rings. The van der Waals surface area contributed by atoms with E-state index in [2.05, 4.69) is 21.7 Å². The number of ether oxygens (including phenoxy) is 2. The molecule has 1 aromatic rings. The minimum absolute atomic E-state index is 0.434. The van der Waals surface area contributed by atoms with Gasteiger partial charge in [0.05, 0.1) is 24.4 Å². The summed E-state index contributed by atoms with van der Waals surface area (Å²) in [5.41, 5.74) is 3.60. The smallest absolute Gasteiger partial charge is 0.0798 e. The molecule has 1 atom stereocenters. The molecule has 3 heterocycles. The zero-order chi connectivity index (χ0) is 17.0. The van der Waals surface area contributed by atoms with Crippen molar-refractivity contribution in [2.75, 3.05) is 60.2 Å². The summed E-state index contributed by atoms with van der Waals surface area (Å²) in [5, 5.41) is 0. The lowest BCUT2D eigenvalue weighted by Gasteiger charge is -2.42. The van der Waals surface area contributed by atoms with Crippen LogP contribution in [-0.2, 0) is 16.0 Å². The van der Waals surface area contributed by atoms with Gasteiger partial charge < -0.3 is 14.4 Å². The van der Waals surface area contributed by atoms with Crippen LogP contribution in [0.25, 0.3) is 0 Å². The van der Waals surface area contributed by atoms with Crippen molar-refractivity contribution in [3.63, 3.8) is 0 Å². The van der Waals surface area contributed by atoms with E-state index in [1.54, 1.807) is 18.4 Å². The van der Waals surface area contributed by atoms with Crippen molar-refractivity contribution < 1.29 is 9.47 Å². The Morgan fingerprint density at radius 1 is 1.25 bits per heavy atom. The van der Waals surface area contributed by atoms with Crippen LogP contribution in [-0.4, -0.2) is 74.9 Å². The first-order chi connectivity index (χ1) is 11.7. The zero-order valence-electron chi connectivity index (χ0n) is 15.3. The summed E-state index contributed by atoms with van der Waals surface area (Å²) < 4.78 is 10.8. The Balaban J connectivity index is 1.58. The normalized spacial score (nSPS) is 24.9. The number of rotatable bonds is 7. The van der Waals surface area contributed by atoms with Crippen molar-refractivity contribution in [2.45, 2.75) is 26.3 Å². The van der Waals surface area contributed by atoms with Crippen molar-refractivity contribution in [3.05, 3.63) is 16.1 Å². The summed E-state index contributed by atoms with van der Waals surface area (Å²) in [6, 6.07) is 0. The van der Waals surface area contributed by atoms with Crippen LogP contribution in [0.3, 0.4) is 0 Å². The molecule has 6 heteroatoms. The van der Waals surface area contributed by atoms with E-state index < -0.39 is 0 Å². The van der Waals surface area contributed by atoms with Gasteiger partial charge in [0.25, 0.3) is 0 Å². The molecule has 2 fully saturated rings. The number of likely N-dealkylation sites (tertiary alicyclic amines) is 2. The summed E-state index contributed by atoms with van der Waals surface area (Å²) >= 11 is 1.79. The van der Waals surface area contributed by atoms with E-state index in [0.717, 1.165) is 32.8 Å². The summed E-state index contributed by atoms with van der Waals surface area (Å²) in [4.78, 5) is 11.0. The van der Waals surface area contributed by atoms with Gasteiger partial charge in [-0.15, -0.1) is 11.3 Å². The van der Waals surface area contributed by atoms with Gasteiger partial charge in [0.1, 0.15) is 0 Å². The Kier molecular flexibility index (Phi) is 6.27. The van der Waals surface area contributed by atoms with Gasteiger partial charge in [-0.3, -0.25) is 4.90 Å². The van der Waals surface area contributed by atoms with Gasteiger partial charge in [-0.05, 0) is 38.3 Å². The van der Waals surface area contributed by atoms with Crippen LogP contribution in [0.15, 0.2) is 5.51 Å². The number of piperidine rings is 1. The number of thiazole rings is 1. The maximum atomic E-state index is 5.56. The average Bonchev–Trinajstić information content (AvgIpc) is 3.13. The van der Waals surface area contributed by atoms with E-state index in [1.165, 1.54) is 43.0 Å². The third-order valence-electron chi connectivity index (χ3n) is 5.93. The highest BCUT2D eigenvalue weighted by atomic mass is 32.1. The first kappa shape index (κ1) is 18.3. The van der Waals surface area contributed by atoms with Gasteiger partial charge in [-0.25, -0.2) is 4.98 Å². The molecule has 136 valence electrons. The molecular weight excluding hydrogens is 322 g/mol. The van der Waals surface area contributed by atoms with E-state index >= 15 is 0 Å². The second kappa shape index (κ2) is 8.23. The number of aryl methyl sites for hydroxylation is 1. The maximum absolute atomic E-state index is 5.56. The first-order valence-corrected chi connectivity index (χ1v) is 9.86. The number of hydrogen-bond acceptors (Lipinski definition) is 6. The summed E-state index contributed by atoms with van der Waals surface area (Å²) in [7, 11) is 3.63. The molecule has 1 spiro atoms. The molecule has 5 nitrogen and oxygen atoms in total. The molecule has 0 aliphatic carbocycles. The molecule has 3 rings (SSSR count). The molecule has 2 aliphatic heterocycles. The van der Waals surface area contributed by atoms with E-state index in [4.69, 9.17) is 9.47 Å². The zero-order valence-corrected chi connectivity index (χ0v) is 16.1. The SMILES string of the molecule is COCCN1C[C@@H](COC)C2(CCN(Cc3scnc3C)CC2)C1. The van der Waals surface area contributed by atoms with Crippen LogP contribution in [0.5, 0.6) is 0 Å². The Labute approximate surface area is 150 Å². The third-order valence-corrected chi connectivity index (χ3v) is 6.85. The molecule has 24 heavy (non-hydrogen) atoms. The van der Waals surface area contributed by atoms with Gasteiger partial charge in [-0.2, -0.15) is 0 Å². The Morgan fingerprint density at radius 2 is 2.04 bits per heavy atom. The molecule has 2 saturated heterocycles. The minimum atomic E-state index is 0.434. The molecule has 0 aromatic carbocycles. The molecule has 0 amide bonds. The van der Waals surface area contributed by atoms with E-state index in [-0.39, 0.29) is 0 Å². The predicted molar refractivity (Wildman–Crippen MR) is 97.5 cm³/mol. The highest BCUT2D eigenvalue weighted by Crippen LogP contribution is 2.45. The van der Waals surface area contributed by atoms with Crippen LogP contribution in [0.2, 0.25) is 0 Å². The second-order valence-electron chi connectivity index (χ2n) is 7.38. The van der Waals surface area contributed by atoms with E-state index in [1.807, 2.05) is 12.6 Å². The Hall–Kier alpha value is -0.530. The van der Waals surface area contributed by atoms with E-state index in [0.29, 0.717) is 11.3 Å². The van der Waals surface area contributed by atoms with Crippen LogP contribution in [0.4, 0.5) is 0 Å². The lowest BCUT2D eigenvalue weighted by molar-refractivity contribution is 0.0350. The van der Waals surface area contributed by atoms with Gasteiger partial charge in [0.2, 0.25) is 0 Å². The van der Waals surface area contributed by atoms with Gasteiger partial charge in [0, 0.05) is 51.2 Å². The predicted octanol–water partition coefficient (Wildman–Crippen LogP) is 2.26. The maximum Gasteiger partial charge on any atom is 0.0798 e. The van der Waals surface area contributed by atoms with Crippen molar-refractivity contribution in [2.24, 2.45) is 11.3 Å². The lowest BCUT2D eigenvalue weighted by Crippen LogP contribution is -2.45. The van der Waals surface area contributed by atoms with Gasteiger partial charge in [-0.1, -0.05) is 0 Å². The number of methoxy groups -OCH3 is 2. The average molecular weight is 354 g/mol. The van der Waals surface area contributed by atoms with Crippen molar-refractivity contribution >= 4 is 11.3 Å². The van der Waals surface area contributed by atoms with Crippen LogP contribution in [0, 0.1) is 18.3 Å². The highest BCUT2D eigenvalue weighted by Gasteiger charge is 2.47. The number of nitrogens with zero attached hydrogens (tertiary/aromatic N) is 3. The fourth-order valence-electron chi connectivity index (χ4n) is 4.37. The summed E-state index contributed by atoms with van der Waals surface area (Å²) in [6.07, 6.45) is 2.56. The standard InChI is InChI=1S/C18H31N3O2S/c1-15-17(24-14-19-15)11-20-6-4-18(5-7-20)13-21(8-9-22-2)10-16(18)12-23-3/h14,16H,4-13H2,1-3H3/t16-/m0/s1. The third kappa shape index (κ3) is 3.99. The van der Waals surface area contributed by atoms with Gasteiger partial charge in [0.15, 0.2) is 0 Å². The lowest BCUT2D eigenvalue weighted by atomic mass is 9.71. The fraction of sp³-hybridized carbons (Fsp3) is 0.833. The van der Waals surface area contributed by atoms with E-state index in [9.17, 15) is 0 Å². The molecular formula is C18H31N3O2S. The number of aromatic nitrogens is 1. The quantitative estimate of drug-likeness (QED) is 0.752.